The van der Waals surface area contributed by atoms with Gasteiger partial charge in [0, 0.05) is 28.1 Å². The van der Waals surface area contributed by atoms with Crippen molar-refractivity contribution in [3.05, 3.63) is 40.8 Å². The van der Waals surface area contributed by atoms with Crippen LogP contribution in [0.4, 0.5) is 0 Å². The zero-order valence-corrected chi connectivity index (χ0v) is 16.3. The number of benzene rings is 1. The van der Waals surface area contributed by atoms with Crippen molar-refractivity contribution in [2.24, 2.45) is 0 Å². The summed E-state index contributed by atoms with van der Waals surface area (Å²) in [6.07, 6.45) is 3.84. The number of nitrogens with zero attached hydrogens (tertiary/aromatic N) is 1. The molecule has 1 fully saturated rings. The second-order valence-electron chi connectivity index (χ2n) is 7.79. The van der Waals surface area contributed by atoms with Crippen molar-refractivity contribution < 1.29 is 9.53 Å². The van der Waals surface area contributed by atoms with E-state index in [1.54, 1.807) is 11.3 Å². The molecular formula is C21H26N2O2S. The number of hydrogen-bond acceptors (Lipinski definition) is 4. The van der Waals surface area contributed by atoms with E-state index in [2.05, 4.69) is 30.1 Å². The molecule has 5 heteroatoms. The molecule has 2 aliphatic rings. The van der Waals surface area contributed by atoms with Gasteiger partial charge in [-0.05, 0) is 58.0 Å². The zero-order valence-electron chi connectivity index (χ0n) is 15.5. The maximum absolute atomic E-state index is 12.7. The largest absolute Gasteiger partial charge is 0.488 e. The number of nitrogens with one attached hydrogen (secondary N) is 1. The summed E-state index contributed by atoms with van der Waals surface area (Å²) in [5.41, 5.74) is 2.18. The molecule has 4 rings (SSSR count). The first-order valence-corrected chi connectivity index (χ1v) is 10.2. The summed E-state index contributed by atoms with van der Waals surface area (Å²) in [6, 6.07) is 10.0. The minimum Gasteiger partial charge on any atom is -0.488 e. The molecule has 1 saturated heterocycles. The fraction of sp³-hybridized carbons (Fsp3) is 0.476. The Morgan fingerprint density at radius 2 is 2.00 bits per heavy atom. The molecule has 1 amide bonds. The highest BCUT2D eigenvalue weighted by Gasteiger charge is 2.29. The zero-order chi connectivity index (χ0) is 18.1. The molecule has 0 saturated carbocycles. The highest BCUT2D eigenvalue weighted by molar-refractivity contribution is 7.17. The van der Waals surface area contributed by atoms with Gasteiger partial charge in [0.15, 0.2) is 0 Å². The number of thiophene rings is 1. The average molecular weight is 371 g/mol. The van der Waals surface area contributed by atoms with E-state index in [1.807, 2.05) is 24.3 Å². The molecular weight excluding hydrogens is 344 g/mol. The summed E-state index contributed by atoms with van der Waals surface area (Å²) in [5.74, 6) is 0.923. The van der Waals surface area contributed by atoms with Crippen LogP contribution in [0.2, 0.25) is 0 Å². The smallest absolute Gasteiger partial charge is 0.261 e. The van der Waals surface area contributed by atoms with Crippen LogP contribution in [0.25, 0.3) is 10.4 Å². The minimum absolute atomic E-state index is 0.0112. The van der Waals surface area contributed by atoms with Crippen molar-refractivity contribution in [1.82, 2.24) is 10.2 Å². The highest BCUT2D eigenvalue weighted by Crippen LogP contribution is 2.42. The number of hydrogen-bond donors (Lipinski definition) is 1. The van der Waals surface area contributed by atoms with Crippen LogP contribution in [-0.2, 0) is 6.61 Å². The number of para-hydroxylation sites is 1. The van der Waals surface area contributed by atoms with Gasteiger partial charge in [0.1, 0.15) is 12.4 Å². The van der Waals surface area contributed by atoms with E-state index >= 15 is 0 Å². The Balaban J connectivity index is 1.46. The van der Waals surface area contributed by atoms with E-state index in [4.69, 9.17) is 4.74 Å². The quantitative estimate of drug-likeness (QED) is 0.872. The molecule has 0 unspecified atom stereocenters. The molecule has 26 heavy (non-hydrogen) atoms. The summed E-state index contributed by atoms with van der Waals surface area (Å²) in [5, 5.41) is 3.16. The molecule has 3 heterocycles. The van der Waals surface area contributed by atoms with E-state index in [0.29, 0.717) is 13.2 Å². The first kappa shape index (κ1) is 17.6. The molecule has 0 spiro atoms. The van der Waals surface area contributed by atoms with Gasteiger partial charge in [0.05, 0.1) is 4.88 Å². The Bertz CT molecular complexity index is 806. The lowest BCUT2D eigenvalue weighted by molar-refractivity contribution is 0.0800. The van der Waals surface area contributed by atoms with Gasteiger partial charge >= 0.3 is 0 Å². The van der Waals surface area contributed by atoms with E-state index < -0.39 is 0 Å². The van der Waals surface area contributed by atoms with Gasteiger partial charge in [-0.1, -0.05) is 18.6 Å². The maximum Gasteiger partial charge on any atom is 0.261 e. The minimum atomic E-state index is -0.0112. The third kappa shape index (κ3) is 3.38. The topological polar surface area (TPSA) is 41.6 Å². The fourth-order valence-electron chi connectivity index (χ4n) is 3.81. The summed E-state index contributed by atoms with van der Waals surface area (Å²) < 4.78 is 5.80. The van der Waals surface area contributed by atoms with Gasteiger partial charge in [-0.3, -0.25) is 9.69 Å². The first-order valence-electron chi connectivity index (χ1n) is 9.43. The summed E-state index contributed by atoms with van der Waals surface area (Å²) in [7, 11) is 0. The third-order valence-corrected chi connectivity index (χ3v) is 6.65. The number of carbonyl (C=O) groups excluding carboxylic acids is 1. The van der Waals surface area contributed by atoms with Crippen LogP contribution in [0.15, 0.2) is 30.3 Å². The molecule has 1 aromatic carbocycles. The van der Waals surface area contributed by atoms with E-state index in [-0.39, 0.29) is 11.4 Å². The van der Waals surface area contributed by atoms with Crippen LogP contribution in [0.5, 0.6) is 5.75 Å². The molecule has 0 bridgehead atoms. The Morgan fingerprint density at radius 3 is 2.81 bits per heavy atom. The molecule has 0 radical (unpaired) electrons. The van der Waals surface area contributed by atoms with Crippen molar-refractivity contribution in [1.29, 1.82) is 0 Å². The normalized spacial score (nSPS) is 17.2. The van der Waals surface area contributed by atoms with E-state index in [9.17, 15) is 4.79 Å². The first-order chi connectivity index (χ1) is 12.5. The van der Waals surface area contributed by atoms with Gasteiger partial charge in [-0.2, -0.15) is 0 Å². The molecule has 4 nitrogen and oxygen atoms in total. The summed E-state index contributed by atoms with van der Waals surface area (Å²) in [4.78, 5) is 17.2. The Labute approximate surface area is 159 Å². The molecule has 1 N–H and O–H groups in total. The van der Waals surface area contributed by atoms with Crippen molar-refractivity contribution in [3.63, 3.8) is 0 Å². The van der Waals surface area contributed by atoms with Gasteiger partial charge < -0.3 is 10.1 Å². The highest BCUT2D eigenvalue weighted by atomic mass is 32.1. The summed E-state index contributed by atoms with van der Waals surface area (Å²) >= 11 is 1.57. The average Bonchev–Trinajstić information content (AvgIpc) is 3.12. The lowest BCUT2D eigenvalue weighted by Gasteiger charge is -2.41. The van der Waals surface area contributed by atoms with E-state index in [0.717, 1.165) is 39.7 Å². The van der Waals surface area contributed by atoms with Crippen molar-refractivity contribution in [2.75, 3.05) is 19.6 Å². The van der Waals surface area contributed by atoms with Gasteiger partial charge in [-0.25, -0.2) is 0 Å². The number of piperidine rings is 1. The number of likely N-dealkylation sites (tertiary alicyclic amines) is 1. The lowest BCUT2D eigenvalue weighted by atomic mass is 9.98. The SMILES string of the molecule is CC(C)(CNC(=O)c1cc2c(s1)-c1ccccc1OC2)N1CCCCC1. The number of fused-ring (bicyclic) bond motifs is 3. The molecule has 138 valence electrons. The Kier molecular flexibility index (Phi) is 4.76. The van der Waals surface area contributed by atoms with Crippen LogP contribution >= 0.6 is 11.3 Å². The van der Waals surface area contributed by atoms with E-state index in [1.165, 1.54) is 19.3 Å². The van der Waals surface area contributed by atoms with Crippen LogP contribution in [0, 0.1) is 0 Å². The maximum atomic E-state index is 12.7. The van der Waals surface area contributed by atoms with Crippen LogP contribution in [-0.4, -0.2) is 36.0 Å². The van der Waals surface area contributed by atoms with Gasteiger partial charge in [0.25, 0.3) is 5.91 Å². The third-order valence-electron chi connectivity index (χ3n) is 5.44. The van der Waals surface area contributed by atoms with Crippen LogP contribution in [0.1, 0.15) is 48.3 Å². The number of amides is 1. The molecule has 1 aromatic heterocycles. The lowest BCUT2D eigenvalue weighted by Crippen LogP contribution is -2.53. The number of carbonyl (C=O) groups is 1. The number of rotatable bonds is 4. The standard InChI is InChI=1S/C21H26N2O2S/c1-21(2,23-10-6-3-7-11-23)14-22-20(24)18-12-15-13-25-17-9-5-4-8-16(17)19(15)26-18/h4-5,8-9,12H,3,6-7,10-11,13-14H2,1-2H3,(H,22,24). The fourth-order valence-corrected chi connectivity index (χ4v) is 4.92. The Hall–Kier alpha value is -1.85. The second-order valence-corrected chi connectivity index (χ2v) is 8.84. The van der Waals surface area contributed by atoms with Crippen LogP contribution < -0.4 is 10.1 Å². The molecule has 0 atom stereocenters. The molecule has 2 aromatic rings. The van der Waals surface area contributed by atoms with Gasteiger partial charge in [0.2, 0.25) is 0 Å². The predicted molar refractivity (Wildman–Crippen MR) is 106 cm³/mol. The van der Waals surface area contributed by atoms with Crippen LogP contribution in [0.3, 0.4) is 0 Å². The predicted octanol–water partition coefficient (Wildman–Crippen LogP) is 4.30. The number of ether oxygens (including phenoxy) is 1. The monoisotopic (exact) mass is 370 g/mol. The van der Waals surface area contributed by atoms with Crippen molar-refractivity contribution in [3.8, 4) is 16.2 Å². The van der Waals surface area contributed by atoms with Gasteiger partial charge in [-0.15, -0.1) is 11.3 Å². The Morgan fingerprint density at radius 1 is 1.23 bits per heavy atom. The van der Waals surface area contributed by atoms with Crippen molar-refractivity contribution in [2.45, 2.75) is 45.3 Å². The molecule has 2 aliphatic heterocycles. The summed E-state index contributed by atoms with van der Waals surface area (Å²) in [6.45, 7) is 7.91. The second kappa shape index (κ2) is 7.05. The van der Waals surface area contributed by atoms with Crippen molar-refractivity contribution >= 4 is 17.2 Å². The molecule has 0 aliphatic carbocycles.